The van der Waals surface area contributed by atoms with Crippen molar-refractivity contribution in [1.82, 2.24) is 4.98 Å². The molecule has 0 saturated carbocycles. The van der Waals surface area contributed by atoms with E-state index in [0.29, 0.717) is 16.2 Å². The van der Waals surface area contributed by atoms with Gasteiger partial charge in [-0.1, -0.05) is 11.8 Å². The maximum atomic E-state index is 12.8. The lowest BCUT2D eigenvalue weighted by Crippen LogP contribution is -2.12. The summed E-state index contributed by atoms with van der Waals surface area (Å²) in [5, 5.41) is 11.9. The number of aromatic nitrogens is 1. The van der Waals surface area contributed by atoms with Gasteiger partial charge in [-0.25, -0.2) is 0 Å². The summed E-state index contributed by atoms with van der Waals surface area (Å²) < 4.78 is 38.3. The summed E-state index contributed by atoms with van der Waals surface area (Å²) in [4.78, 5) is 4.59. The predicted octanol–water partition coefficient (Wildman–Crippen LogP) is 4.55. The molecule has 1 unspecified atom stereocenters. The van der Waals surface area contributed by atoms with Crippen molar-refractivity contribution in [2.24, 2.45) is 0 Å². The third-order valence-electron chi connectivity index (χ3n) is 3.28. The standard InChI is InChI=1S/C16H10F3N3S/c17-16(18,19)12-1-2-14-13(8-12)22-15(23-14)11(9-20)7-10-3-5-21-6-4-10/h1-8,15,22H/b11-7+. The smallest absolute Gasteiger partial charge is 0.368 e. The van der Waals surface area contributed by atoms with Crippen LogP contribution in [0.5, 0.6) is 0 Å². The van der Waals surface area contributed by atoms with E-state index in [1.165, 1.54) is 17.8 Å². The Kier molecular flexibility index (Phi) is 4.01. The number of rotatable bonds is 2. The third kappa shape index (κ3) is 3.32. The minimum Gasteiger partial charge on any atom is -0.368 e. The second kappa shape index (κ2) is 5.97. The van der Waals surface area contributed by atoms with E-state index in [4.69, 9.17) is 0 Å². The molecular formula is C16H10F3N3S. The van der Waals surface area contributed by atoms with Gasteiger partial charge in [0, 0.05) is 23.0 Å². The van der Waals surface area contributed by atoms with Gasteiger partial charge in [-0.2, -0.15) is 18.4 Å². The molecule has 0 aliphatic carbocycles. The Morgan fingerprint density at radius 2 is 2.00 bits per heavy atom. The molecule has 23 heavy (non-hydrogen) atoms. The summed E-state index contributed by atoms with van der Waals surface area (Å²) in [6, 6.07) is 9.17. The molecule has 1 aliphatic heterocycles. The first-order valence-corrected chi connectivity index (χ1v) is 7.51. The van der Waals surface area contributed by atoms with E-state index >= 15 is 0 Å². The molecule has 0 spiro atoms. The van der Waals surface area contributed by atoms with E-state index in [2.05, 4.69) is 16.4 Å². The SMILES string of the molecule is N#C/C(=C\c1ccncc1)C1Nc2cc(C(F)(F)F)ccc2S1. The maximum absolute atomic E-state index is 12.8. The number of pyridine rings is 1. The minimum atomic E-state index is -4.38. The molecule has 3 rings (SSSR count). The Morgan fingerprint density at radius 3 is 2.65 bits per heavy atom. The Bertz CT molecular complexity index is 794. The highest BCUT2D eigenvalue weighted by Crippen LogP contribution is 2.43. The highest BCUT2D eigenvalue weighted by atomic mass is 32.2. The zero-order chi connectivity index (χ0) is 16.4. The van der Waals surface area contributed by atoms with Crippen molar-refractivity contribution in [3.05, 3.63) is 59.4 Å². The molecule has 7 heteroatoms. The first kappa shape index (κ1) is 15.4. The molecule has 1 atom stereocenters. The van der Waals surface area contributed by atoms with E-state index in [1.54, 1.807) is 30.6 Å². The second-order valence-corrected chi connectivity index (χ2v) is 5.99. The number of nitriles is 1. The average Bonchev–Trinajstić information content (AvgIpc) is 2.95. The Labute approximate surface area is 134 Å². The molecule has 0 amide bonds. The van der Waals surface area contributed by atoms with Gasteiger partial charge in [0.05, 0.1) is 17.2 Å². The molecule has 0 saturated heterocycles. The number of nitrogens with one attached hydrogen (secondary N) is 1. The van der Waals surface area contributed by atoms with E-state index in [0.717, 1.165) is 17.7 Å². The van der Waals surface area contributed by atoms with Crippen LogP contribution in [0.4, 0.5) is 18.9 Å². The highest BCUT2D eigenvalue weighted by Gasteiger charge is 2.33. The van der Waals surface area contributed by atoms with Crippen LogP contribution in [-0.4, -0.2) is 10.4 Å². The van der Waals surface area contributed by atoms with Crippen molar-refractivity contribution in [1.29, 1.82) is 5.26 Å². The average molecular weight is 333 g/mol. The number of hydrogen-bond acceptors (Lipinski definition) is 4. The van der Waals surface area contributed by atoms with Crippen LogP contribution in [0.2, 0.25) is 0 Å². The summed E-state index contributed by atoms with van der Waals surface area (Å²) in [7, 11) is 0. The lowest BCUT2D eigenvalue weighted by molar-refractivity contribution is -0.137. The Hall–Kier alpha value is -2.46. The topological polar surface area (TPSA) is 48.7 Å². The van der Waals surface area contributed by atoms with E-state index in [9.17, 15) is 18.4 Å². The lowest BCUT2D eigenvalue weighted by Gasteiger charge is -2.10. The van der Waals surface area contributed by atoms with Crippen molar-refractivity contribution < 1.29 is 13.2 Å². The van der Waals surface area contributed by atoms with Crippen LogP contribution in [0.15, 0.2) is 53.2 Å². The lowest BCUT2D eigenvalue weighted by atomic mass is 10.1. The zero-order valence-corrected chi connectivity index (χ0v) is 12.4. The first-order chi connectivity index (χ1) is 11.0. The number of benzene rings is 1. The van der Waals surface area contributed by atoms with Crippen molar-refractivity contribution in [3.8, 4) is 6.07 Å². The van der Waals surface area contributed by atoms with Crippen molar-refractivity contribution in [3.63, 3.8) is 0 Å². The van der Waals surface area contributed by atoms with Crippen molar-refractivity contribution in [2.45, 2.75) is 16.4 Å². The number of nitrogens with zero attached hydrogens (tertiary/aromatic N) is 2. The van der Waals surface area contributed by atoms with Gasteiger partial charge >= 0.3 is 6.18 Å². The molecule has 0 bridgehead atoms. The Balaban J connectivity index is 1.86. The molecule has 2 heterocycles. The quantitative estimate of drug-likeness (QED) is 0.819. The summed E-state index contributed by atoms with van der Waals surface area (Å²) in [6.45, 7) is 0. The van der Waals surface area contributed by atoms with Crippen LogP contribution in [0, 0.1) is 11.3 Å². The van der Waals surface area contributed by atoms with Crippen LogP contribution in [0.1, 0.15) is 11.1 Å². The van der Waals surface area contributed by atoms with Gasteiger partial charge in [0.2, 0.25) is 0 Å². The number of anilines is 1. The van der Waals surface area contributed by atoms with Gasteiger partial charge < -0.3 is 5.32 Å². The fourth-order valence-corrected chi connectivity index (χ4v) is 3.25. The van der Waals surface area contributed by atoms with Gasteiger partial charge in [0.1, 0.15) is 5.37 Å². The minimum absolute atomic E-state index is 0.394. The molecular weight excluding hydrogens is 323 g/mol. The van der Waals surface area contributed by atoms with Crippen LogP contribution < -0.4 is 5.32 Å². The summed E-state index contributed by atoms with van der Waals surface area (Å²) >= 11 is 1.32. The molecule has 1 aromatic heterocycles. The van der Waals surface area contributed by atoms with Crippen LogP contribution in [-0.2, 0) is 6.18 Å². The molecule has 2 aromatic rings. The predicted molar refractivity (Wildman–Crippen MR) is 82.5 cm³/mol. The van der Waals surface area contributed by atoms with Crippen LogP contribution in [0.25, 0.3) is 6.08 Å². The third-order valence-corrected chi connectivity index (χ3v) is 4.50. The normalized spacial score (nSPS) is 17.3. The van der Waals surface area contributed by atoms with Gasteiger partial charge in [0.15, 0.2) is 0 Å². The fourth-order valence-electron chi connectivity index (χ4n) is 2.17. The number of halogens is 3. The maximum Gasteiger partial charge on any atom is 0.416 e. The fraction of sp³-hybridized carbons (Fsp3) is 0.125. The Morgan fingerprint density at radius 1 is 1.26 bits per heavy atom. The van der Waals surface area contributed by atoms with E-state index < -0.39 is 17.1 Å². The summed E-state index contributed by atoms with van der Waals surface area (Å²) in [5.74, 6) is 0. The van der Waals surface area contributed by atoms with Gasteiger partial charge in [-0.3, -0.25) is 4.98 Å². The number of fused-ring (bicyclic) bond motifs is 1. The van der Waals surface area contributed by atoms with Crippen molar-refractivity contribution in [2.75, 3.05) is 5.32 Å². The van der Waals surface area contributed by atoms with Crippen LogP contribution >= 0.6 is 11.8 Å². The van der Waals surface area contributed by atoms with Gasteiger partial charge in [-0.05, 0) is 42.0 Å². The van der Waals surface area contributed by atoms with Crippen LogP contribution in [0.3, 0.4) is 0 Å². The van der Waals surface area contributed by atoms with E-state index in [-0.39, 0.29) is 0 Å². The molecule has 0 radical (unpaired) electrons. The molecule has 116 valence electrons. The molecule has 0 fully saturated rings. The van der Waals surface area contributed by atoms with Crippen molar-refractivity contribution >= 4 is 23.5 Å². The zero-order valence-electron chi connectivity index (χ0n) is 11.6. The summed E-state index contributed by atoms with van der Waals surface area (Å²) in [5.41, 5.74) is 0.934. The second-order valence-electron chi connectivity index (χ2n) is 4.84. The molecule has 1 N–H and O–H groups in total. The monoisotopic (exact) mass is 333 g/mol. The van der Waals surface area contributed by atoms with Gasteiger partial charge in [-0.15, -0.1) is 0 Å². The molecule has 3 nitrogen and oxygen atoms in total. The number of hydrogen-bond donors (Lipinski definition) is 1. The number of alkyl halides is 3. The van der Waals surface area contributed by atoms with Gasteiger partial charge in [0.25, 0.3) is 0 Å². The molecule has 1 aromatic carbocycles. The largest absolute Gasteiger partial charge is 0.416 e. The number of thioether (sulfide) groups is 1. The summed E-state index contributed by atoms with van der Waals surface area (Å²) in [6.07, 6.45) is 0.536. The highest BCUT2D eigenvalue weighted by molar-refractivity contribution is 8.00. The molecule has 1 aliphatic rings. The van der Waals surface area contributed by atoms with E-state index in [1.807, 2.05) is 0 Å². The first-order valence-electron chi connectivity index (χ1n) is 6.63.